The summed E-state index contributed by atoms with van der Waals surface area (Å²) < 4.78 is 0. The highest BCUT2D eigenvalue weighted by atomic mass is 32.1. The van der Waals surface area contributed by atoms with Crippen LogP contribution in [-0.4, -0.2) is 16.8 Å². The predicted octanol–water partition coefficient (Wildman–Crippen LogP) is 1.84. The van der Waals surface area contributed by atoms with Crippen LogP contribution in [0.4, 0.5) is 5.13 Å². The van der Waals surface area contributed by atoms with Crippen molar-refractivity contribution < 1.29 is 9.59 Å². The lowest BCUT2D eigenvalue weighted by molar-refractivity contribution is -0.124. The summed E-state index contributed by atoms with van der Waals surface area (Å²) in [5.41, 5.74) is 0. The van der Waals surface area contributed by atoms with Gasteiger partial charge in [0.25, 0.3) is 0 Å². The van der Waals surface area contributed by atoms with Crippen LogP contribution in [0, 0.1) is 23.7 Å². The molecule has 2 fully saturated rings. The van der Waals surface area contributed by atoms with Crippen molar-refractivity contribution in [3.63, 3.8) is 0 Å². The molecule has 18 heavy (non-hydrogen) atoms. The largest absolute Gasteiger partial charge is 0.274 e. The third-order valence-electron chi connectivity index (χ3n) is 4.37. The van der Waals surface area contributed by atoms with Gasteiger partial charge in [0.1, 0.15) is 0 Å². The van der Waals surface area contributed by atoms with E-state index in [0.29, 0.717) is 5.13 Å². The van der Waals surface area contributed by atoms with Crippen molar-refractivity contribution in [3.05, 3.63) is 23.7 Å². The molecule has 0 aromatic carbocycles. The molecule has 1 aromatic rings. The van der Waals surface area contributed by atoms with Crippen LogP contribution in [0.15, 0.2) is 23.7 Å². The fourth-order valence-electron chi connectivity index (χ4n) is 3.59. The molecule has 2 heterocycles. The van der Waals surface area contributed by atoms with Gasteiger partial charge in [-0.1, -0.05) is 12.2 Å². The minimum absolute atomic E-state index is 0.0426. The van der Waals surface area contributed by atoms with Crippen molar-refractivity contribution in [2.24, 2.45) is 23.7 Å². The van der Waals surface area contributed by atoms with Gasteiger partial charge in [0, 0.05) is 11.6 Å². The molecule has 1 saturated heterocycles. The first-order valence-corrected chi connectivity index (χ1v) is 7.11. The van der Waals surface area contributed by atoms with Crippen LogP contribution >= 0.6 is 11.3 Å². The summed E-state index contributed by atoms with van der Waals surface area (Å²) in [6.45, 7) is 0. The van der Waals surface area contributed by atoms with E-state index in [9.17, 15) is 9.59 Å². The zero-order valence-electron chi connectivity index (χ0n) is 9.65. The molecule has 0 N–H and O–H groups in total. The summed E-state index contributed by atoms with van der Waals surface area (Å²) >= 11 is 1.35. The molecule has 0 spiro atoms. The third-order valence-corrected chi connectivity index (χ3v) is 5.13. The van der Waals surface area contributed by atoms with Gasteiger partial charge < -0.3 is 0 Å². The van der Waals surface area contributed by atoms with Crippen molar-refractivity contribution >= 4 is 28.3 Å². The fraction of sp³-hybridized carbons (Fsp3) is 0.462. The van der Waals surface area contributed by atoms with Crippen LogP contribution in [0.3, 0.4) is 0 Å². The van der Waals surface area contributed by atoms with Gasteiger partial charge in [-0.25, -0.2) is 9.88 Å². The van der Waals surface area contributed by atoms with E-state index >= 15 is 0 Å². The van der Waals surface area contributed by atoms with Gasteiger partial charge in [0.2, 0.25) is 11.8 Å². The summed E-state index contributed by atoms with van der Waals surface area (Å²) in [6.07, 6.45) is 7.97. The molecule has 3 aliphatic carbocycles. The Morgan fingerprint density at radius 3 is 2.17 bits per heavy atom. The Morgan fingerprint density at radius 1 is 1.11 bits per heavy atom. The van der Waals surface area contributed by atoms with Gasteiger partial charge in [-0.3, -0.25) is 9.59 Å². The lowest BCUT2D eigenvalue weighted by Crippen LogP contribution is -2.38. The summed E-state index contributed by atoms with van der Waals surface area (Å²) in [7, 11) is 0. The molecule has 5 heteroatoms. The summed E-state index contributed by atoms with van der Waals surface area (Å²) in [4.78, 5) is 30.4. The number of carbonyl (C=O) groups is 2. The van der Waals surface area contributed by atoms with Crippen molar-refractivity contribution in [2.45, 2.75) is 12.8 Å². The second-order valence-corrected chi connectivity index (χ2v) is 6.04. The SMILES string of the molecule is O=C1C2C(C(=O)N1c1nccs1)[C@H]1C=C[C@@H]2CC1. The molecule has 4 atom stereocenters. The van der Waals surface area contributed by atoms with Crippen LogP contribution < -0.4 is 4.90 Å². The zero-order chi connectivity index (χ0) is 12.3. The van der Waals surface area contributed by atoms with Crippen molar-refractivity contribution in [1.82, 2.24) is 4.98 Å². The average molecular weight is 260 g/mol. The van der Waals surface area contributed by atoms with E-state index in [2.05, 4.69) is 17.1 Å². The number of fused-ring (bicyclic) bond motifs is 1. The first-order chi connectivity index (χ1) is 8.77. The predicted molar refractivity (Wildman–Crippen MR) is 66.9 cm³/mol. The molecular weight excluding hydrogens is 248 g/mol. The molecule has 0 radical (unpaired) electrons. The molecule has 4 nitrogen and oxygen atoms in total. The van der Waals surface area contributed by atoms with E-state index in [1.165, 1.54) is 16.2 Å². The quantitative estimate of drug-likeness (QED) is 0.572. The highest BCUT2D eigenvalue weighted by molar-refractivity contribution is 7.14. The number of amides is 2. The van der Waals surface area contributed by atoms with Gasteiger partial charge in [0.15, 0.2) is 5.13 Å². The highest BCUT2D eigenvalue weighted by Crippen LogP contribution is 2.50. The van der Waals surface area contributed by atoms with Crippen LogP contribution in [0.2, 0.25) is 0 Å². The Morgan fingerprint density at radius 2 is 1.72 bits per heavy atom. The molecular formula is C13H12N2O2S. The number of allylic oxidation sites excluding steroid dienone is 2. The van der Waals surface area contributed by atoms with Gasteiger partial charge in [-0.05, 0) is 24.7 Å². The van der Waals surface area contributed by atoms with E-state index in [1.807, 2.05) is 0 Å². The highest BCUT2D eigenvalue weighted by Gasteiger charge is 2.57. The molecule has 1 saturated carbocycles. The van der Waals surface area contributed by atoms with E-state index in [4.69, 9.17) is 0 Å². The molecule has 2 bridgehead atoms. The monoisotopic (exact) mass is 260 g/mol. The Bertz CT molecular complexity index is 519. The summed E-state index contributed by atoms with van der Waals surface area (Å²) in [5.74, 6) is 0.149. The fourth-order valence-corrected chi connectivity index (χ4v) is 4.24. The first-order valence-electron chi connectivity index (χ1n) is 6.23. The number of anilines is 1. The average Bonchev–Trinajstić information content (AvgIpc) is 3.00. The zero-order valence-corrected chi connectivity index (χ0v) is 10.5. The van der Waals surface area contributed by atoms with Crippen LogP contribution in [-0.2, 0) is 9.59 Å². The topological polar surface area (TPSA) is 50.3 Å². The summed E-state index contributed by atoms with van der Waals surface area (Å²) in [5, 5.41) is 2.32. The van der Waals surface area contributed by atoms with E-state index < -0.39 is 0 Å². The molecule has 2 amide bonds. The summed E-state index contributed by atoms with van der Waals surface area (Å²) in [6, 6.07) is 0. The Hall–Kier alpha value is -1.49. The van der Waals surface area contributed by atoms with Crippen LogP contribution in [0.25, 0.3) is 0 Å². The number of thiazole rings is 1. The van der Waals surface area contributed by atoms with Crippen LogP contribution in [0.5, 0.6) is 0 Å². The minimum atomic E-state index is -0.134. The maximum atomic E-state index is 12.5. The lowest BCUT2D eigenvalue weighted by Gasteiger charge is -2.38. The lowest BCUT2D eigenvalue weighted by atomic mass is 9.63. The second-order valence-electron chi connectivity index (χ2n) is 5.17. The van der Waals surface area contributed by atoms with Gasteiger partial charge in [-0.2, -0.15) is 0 Å². The van der Waals surface area contributed by atoms with E-state index in [-0.39, 0.29) is 35.5 Å². The number of hydrogen-bond acceptors (Lipinski definition) is 4. The second kappa shape index (κ2) is 3.51. The Kier molecular flexibility index (Phi) is 2.03. The maximum absolute atomic E-state index is 12.5. The number of hydrogen-bond donors (Lipinski definition) is 0. The Balaban J connectivity index is 1.79. The first kappa shape index (κ1) is 10.4. The van der Waals surface area contributed by atoms with Crippen molar-refractivity contribution in [3.8, 4) is 0 Å². The van der Waals surface area contributed by atoms with E-state index in [0.717, 1.165) is 12.8 Å². The molecule has 1 aromatic heterocycles. The van der Waals surface area contributed by atoms with Gasteiger partial charge >= 0.3 is 0 Å². The van der Waals surface area contributed by atoms with Crippen LogP contribution in [0.1, 0.15) is 12.8 Å². The van der Waals surface area contributed by atoms with Gasteiger partial charge in [-0.15, -0.1) is 11.3 Å². The molecule has 5 rings (SSSR count). The van der Waals surface area contributed by atoms with E-state index in [1.54, 1.807) is 11.6 Å². The number of rotatable bonds is 1. The Labute approximate surface area is 108 Å². The number of nitrogens with zero attached hydrogens (tertiary/aromatic N) is 2. The smallest absolute Gasteiger partial charge is 0.240 e. The molecule has 4 aliphatic rings. The standard InChI is InChI=1S/C13H12N2O2S/c16-11-9-7-1-2-8(4-3-7)10(9)12(17)15(11)13-14-5-6-18-13/h1-2,5-10H,3-4H2/t7-,8+,9?,10?. The normalized spacial score (nSPS) is 37.4. The molecule has 92 valence electrons. The van der Waals surface area contributed by atoms with Crippen molar-refractivity contribution in [1.29, 1.82) is 0 Å². The number of aromatic nitrogens is 1. The molecule has 2 unspecified atom stereocenters. The maximum Gasteiger partial charge on any atom is 0.240 e. The minimum Gasteiger partial charge on any atom is -0.274 e. The number of imide groups is 1. The van der Waals surface area contributed by atoms with Crippen molar-refractivity contribution in [2.75, 3.05) is 4.90 Å². The third kappa shape index (κ3) is 1.17. The number of carbonyl (C=O) groups excluding carboxylic acids is 2. The molecule has 1 aliphatic heterocycles. The van der Waals surface area contributed by atoms with Gasteiger partial charge in [0.05, 0.1) is 11.8 Å².